The maximum atomic E-state index is 12.5. The number of H-pyrrole nitrogens is 1. The van der Waals surface area contributed by atoms with E-state index in [9.17, 15) is 20.1 Å². The number of carbonyl (C=O) groups excluding carboxylic acids is 1. The average molecular weight is 336 g/mol. The first-order valence-electron chi connectivity index (χ1n) is 7.38. The van der Waals surface area contributed by atoms with Crippen LogP contribution in [0.2, 0.25) is 0 Å². The van der Waals surface area contributed by atoms with Gasteiger partial charge >= 0.3 is 5.97 Å². The van der Waals surface area contributed by atoms with Gasteiger partial charge in [0.25, 0.3) is 5.56 Å². The Morgan fingerprint density at radius 2 is 1.76 bits per heavy atom. The van der Waals surface area contributed by atoms with Gasteiger partial charge in [-0.2, -0.15) is 10.5 Å². The number of nitrogen functional groups attached to an aromatic ring is 1. The number of esters is 1. The Morgan fingerprint density at radius 1 is 1.16 bits per heavy atom. The van der Waals surface area contributed by atoms with E-state index in [1.807, 2.05) is 6.07 Å². The minimum Gasteiger partial charge on any atom is -0.456 e. The number of hydrogen-bond acceptors (Lipinski definition) is 6. The molecule has 0 saturated carbocycles. The molecule has 7 nitrogen and oxygen atoms in total. The Labute approximate surface area is 144 Å². The number of aromatic nitrogens is 1. The van der Waals surface area contributed by atoms with Gasteiger partial charge in [0.15, 0.2) is 0 Å². The van der Waals surface area contributed by atoms with E-state index in [1.165, 1.54) is 12.1 Å². The number of benzene rings is 1. The Hall–Kier alpha value is -3.58. The smallest absolute Gasteiger partial charge is 0.339 e. The molecule has 2 aromatic rings. The molecule has 126 valence electrons. The number of nitriles is 2. The van der Waals surface area contributed by atoms with Gasteiger partial charge < -0.3 is 15.5 Å². The van der Waals surface area contributed by atoms with Crippen molar-refractivity contribution < 1.29 is 9.53 Å². The molecule has 0 radical (unpaired) electrons. The third-order valence-corrected chi connectivity index (χ3v) is 3.28. The lowest BCUT2D eigenvalue weighted by Gasteiger charge is -2.21. The van der Waals surface area contributed by atoms with Crippen molar-refractivity contribution in [2.75, 3.05) is 5.73 Å². The minimum absolute atomic E-state index is 0.0210. The molecule has 0 atom stereocenters. The summed E-state index contributed by atoms with van der Waals surface area (Å²) < 4.78 is 5.37. The normalized spacial score (nSPS) is 10.6. The van der Waals surface area contributed by atoms with Gasteiger partial charge in [-0.05, 0) is 32.4 Å². The molecule has 25 heavy (non-hydrogen) atoms. The summed E-state index contributed by atoms with van der Waals surface area (Å²) in [5, 5.41) is 18.8. The van der Waals surface area contributed by atoms with Gasteiger partial charge in [0.05, 0.1) is 5.56 Å². The van der Waals surface area contributed by atoms with Crippen molar-refractivity contribution in [2.24, 2.45) is 0 Å². The zero-order valence-corrected chi connectivity index (χ0v) is 14.0. The van der Waals surface area contributed by atoms with Crippen molar-refractivity contribution in [1.82, 2.24) is 4.98 Å². The summed E-state index contributed by atoms with van der Waals surface area (Å²) in [6.45, 7) is 5.17. The standard InChI is InChI=1S/C18H16N4O3/c1-18(2,3)25-17(24)11-7-5-4-6-10(11)14-12(8-19)15(21)22-16(23)13(14)9-20/h4-7H,1-3H3,(H3,21,22,23). The van der Waals surface area contributed by atoms with E-state index in [-0.39, 0.29) is 33.6 Å². The zero-order chi connectivity index (χ0) is 18.8. The van der Waals surface area contributed by atoms with Crippen LogP contribution in [0.25, 0.3) is 11.1 Å². The minimum atomic E-state index is -0.729. The number of nitrogens with one attached hydrogen (secondary N) is 1. The summed E-state index contributed by atoms with van der Waals surface area (Å²) in [7, 11) is 0. The van der Waals surface area contributed by atoms with E-state index in [0.717, 1.165) is 0 Å². The molecule has 7 heteroatoms. The second-order valence-electron chi connectivity index (χ2n) is 6.26. The van der Waals surface area contributed by atoms with E-state index < -0.39 is 17.1 Å². The molecule has 0 fully saturated rings. The Balaban J connectivity index is 2.82. The fourth-order valence-electron chi connectivity index (χ4n) is 2.32. The number of nitrogens with zero attached hydrogens (tertiary/aromatic N) is 2. The highest BCUT2D eigenvalue weighted by Gasteiger charge is 2.25. The van der Waals surface area contributed by atoms with Crippen LogP contribution < -0.4 is 11.3 Å². The van der Waals surface area contributed by atoms with Crippen molar-refractivity contribution >= 4 is 11.8 Å². The predicted molar refractivity (Wildman–Crippen MR) is 91.5 cm³/mol. The molecule has 2 rings (SSSR count). The molecular formula is C18H16N4O3. The summed E-state index contributed by atoms with van der Waals surface area (Å²) in [6.07, 6.45) is 0. The van der Waals surface area contributed by atoms with Crippen molar-refractivity contribution in [2.45, 2.75) is 26.4 Å². The fourth-order valence-corrected chi connectivity index (χ4v) is 2.32. The van der Waals surface area contributed by atoms with Crippen LogP contribution in [-0.2, 0) is 4.74 Å². The average Bonchev–Trinajstić information content (AvgIpc) is 2.52. The maximum absolute atomic E-state index is 12.5. The van der Waals surface area contributed by atoms with E-state index in [0.29, 0.717) is 0 Å². The first-order chi connectivity index (χ1) is 11.7. The Bertz CT molecular complexity index is 985. The van der Waals surface area contributed by atoms with Crippen LogP contribution in [0.1, 0.15) is 42.3 Å². The molecule has 0 saturated heterocycles. The third kappa shape index (κ3) is 3.51. The molecule has 0 aliphatic rings. The summed E-state index contributed by atoms with van der Waals surface area (Å²) in [5.41, 5.74) is 4.29. The van der Waals surface area contributed by atoms with E-state index in [1.54, 1.807) is 39.0 Å². The summed E-state index contributed by atoms with van der Waals surface area (Å²) in [4.78, 5) is 26.8. The number of pyridine rings is 1. The third-order valence-electron chi connectivity index (χ3n) is 3.28. The van der Waals surface area contributed by atoms with E-state index in [2.05, 4.69) is 4.98 Å². The first kappa shape index (κ1) is 17.8. The van der Waals surface area contributed by atoms with Crippen LogP contribution in [0.4, 0.5) is 5.82 Å². The zero-order valence-electron chi connectivity index (χ0n) is 14.0. The van der Waals surface area contributed by atoms with Gasteiger partial charge in [0.2, 0.25) is 0 Å². The number of anilines is 1. The summed E-state index contributed by atoms with van der Waals surface area (Å²) >= 11 is 0. The number of hydrogen-bond donors (Lipinski definition) is 2. The van der Waals surface area contributed by atoms with Gasteiger partial charge in [0, 0.05) is 5.56 Å². The Kier molecular flexibility index (Phi) is 4.62. The molecule has 0 aliphatic heterocycles. The van der Waals surface area contributed by atoms with Crippen LogP contribution >= 0.6 is 0 Å². The molecule has 1 aromatic carbocycles. The number of aromatic amines is 1. The van der Waals surface area contributed by atoms with Crippen molar-refractivity contribution in [3.05, 3.63) is 51.3 Å². The molecule has 0 bridgehead atoms. The van der Waals surface area contributed by atoms with Gasteiger partial charge in [-0.15, -0.1) is 0 Å². The van der Waals surface area contributed by atoms with Crippen LogP contribution in [0.3, 0.4) is 0 Å². The highest BCUT2D eigenvalue weighted by molar-refractivity contribution is 5.99. The van der Waals surface area contributed by atoms with Crippen molar-refractivity contribution in [3.8, 4) is 23.3 Å². The lowest BCUT2D eigenvalue weighted by Crippen LogP contribution is -2.24. The molecule has 0 amide bonds. The van der Waals surface area contributed by atoms with Gasteiger partial charge in [-0.1, -0.05) is 18.2 Å². The molecule has 1 heterocycles. The lowest BCUT2D eigenvalue weighted by atomic mass is 9.93. The molecular weight excluding hydrogens is 320 g/mol. The largest absolute Gasteiger partial charge is 0.456 e. The van der Waals surface area contributed by atoms with E-state index in [4.69, 9.17) is 10.5 Å². The van der Waals surface area contributed by atoms with Crippen molar-refractivity contribution in [1.29, 1.82) is 10.5 Å². The predicted octanol–water partition coefficient (Wildman–Crippen LogP) is 2.32. The molecule has 0 aliphatic carbocycles. The van der Waals surface area contributed by atoms with Gasteiger partial charge in [-0.25, -0.2) is 4.79 Å². The van der Waals surface area contributed by atoms with E-state index >= 15 is 0 Å². The van der Waals surface area contributed by atoms with Crippen LogP contribution in [-0.4, -0.2) is 16.6 Å². The first-order valence-corrected chi connectivity index (χ1v) is 7.38. The highest BCUT2D eigenvalue weighted by Crippen LogP contribution is 2.31. The lowest BCUT2D eigenvalue weighted by molar-refractivity contribution is 0.00704. The number of rotatable bonds is 2. The quantitative estimate of drug-likeness (QED) is 0.809. The second-order valence-corrected chi connectivity index (χ2v) is 6.26. The molecule has 1 aromatic heterocycles. The van der Waals surface area contributed by atoms with Gasteiger partial charge in [0.1, 0.15) is 34.7 Å². The summed E-state index contributed by atoms with van der Waals surface area (Å²) in [5.74, 6) is -0.796. The Morgan fingerprint density at radius 3 is 2.32 bits per heavy atom. The monoisotopic (exact) mass is 336 g/mol. The number of carbonyl (C=O) groups is 1. The SMILES string of the molecule is CC(C)(C)OC(=O)c1ccccc1-c1c(C#N)c(N)[nH]c(=O)c1C#N. The summed E-state index contributed by atoms with van der Waals surface area (Å²) in [6, 6.07) is 9.95. The highest BCUT2D eigenvalue weighted by atomic mass is 16.6. The van der Waals surface area contributed by atoms with Crippen LogP contribution in [0.5, 0.6) is 0 Å². The van der Waals surface area contributed by atoms with Crippen LogP contribution in [0.15, 0.2) is 29.1 Å². The fraction of sp³-hybridized carbons (Fsp3) is 0.222. The molecule has 0 unspecified atom stereocenters. The number of ether oxygens (including phenoxy) is 1. The maximum Gasteiger partial charge on any atom is 0.339 e. The van der Waals surface area contributed by atoms with Gasteiger partial charge in [-0.3, -0.25) is 4.79 Å². The van der Waals surface area contributed by atoms with Crippen LogP contribution in [0, 0.1) is 22.7 Å². The second kappa shape index (κ2) is 6.50. The molecule has 3 N–H and O–H groups in total. The topological polar surface area (TPSA) is 133 Å². The van der Waals surface area contributed by atoms with Crippen molar-refractivity contribution in [3.63, 3.8) is 0 Å². The molecule has 0 spiro atoms. The number of nitrogens with two attached hydrogens (primary N) is 1.